The minimum atomic E-state index is 0.126. The van der Waals surface area contributed by atoms with Crippen molar-refractivity contribution in [1.29, 1.82) is 0 Å². The summed E-state index contributed by atoms with van der Waals surface area (Å²) < 4.78 is 16.7. The van der Waals surface area contributed by atoms with Crippen LogP contribution < -0.4 is 4.74 Å². The van der Waals surface area contributed by atoms with E-state index in [2.05, 4.69) is 4.98 Å². The van der Waals surface area contributed by atoms with Crippen molar-refractivity contribution in [2.45, 2.75) is 31.8 Å². The van der Waals surface area contributed by atoms with Gasteiger partial charge in [-0.3, -0.25) is 9.78 Å². The second-order valence-electron chi connectivity index (χ2n) is 6.76. The Morgan fingerprint density at radius 3 is 3.00 bits per heavy atom. The third-order valence-electron chi connectivity index (χ3n) is 5.05. The van der Waals surface area contributed by atoms with Gasteiger partial charge in [-0.15, -0.1) is 0 Å². The minimum absolute atomic E-state index is 0.126. The summed E-state index contributed by atoms with van der Waals surface area (Å²) in [5, 5.41) is 0. The van der Waals surface area contributed by atoms with E-state index in [9.17, 15) is 4.79 Å². The van der Waals surface area contributed by atoms with Gasteiger partial charge in [0.1, 0.15) is 12.4 Å². The van der Waals surface area contributed by atoms with Crippen LogP contribution in [-0.4, -0.2) is 61.9 Å². The first-order valence-electron chi connectivity index (χ1n) is 8.62. The Kier molecular flexibility index (Phi) is 5.68. The molecule has 3 rings (SSSR count). The maximum absolute atomic E-state index is 12.1. The zero-order chi connectivity index (χ0) is 16.8. The first kappa shape index (κ1) is 17.2. The Balaban J connectivity index is 1.43. The maximum atomic E-state index is 12.1. The van der Waals surface area contributed by atoms with Gasteiger partial charge >= 0.3 is 0 Å². The Labute approximate surface area is 143 Å². The largest absolute Gasteiger partial charge is 0.489 e. The normalized spacial score (nSPS) is 22.7. The fraction of sp³-hybridized carbons (Fsp3) is 0.667. The molecule has 2 aliphatic rings. The van der Waals surface area contributed by atoms with Crippen molar-refractivity contribution in [3.63, 3.8) is 0 Å². The number of hydrogen-bond acceptors (Lipinski definition) is 5. The van der Waals surface area contributed by atoms with Gasteiger partial charge in [0.05, 0.1) is 31.9 Å². The van der Waals surface area contributed by atoms with Gasteiger partial charge in [-0.05, 0) is 36.8 Å². The quantitative estimate of drug-likeness (QED) is 0.795. The molecule has 0 unspecified atom stereocenters. The summed E-state index contributed by atoms with van der Waals surface area (Å²) in [6.07, 6.45) is 7.07. The average molecular weight is 334 g/mol. The molecule has 24 heavy (non-hydrogen) atoms. The highest BCUT2D eigenvalue weighted by Gasteiger charge is 2.43. The second kappa shape index (κ2) is 7.94. The molecule has 1 atom stereocenters. The van der Waals surface area contributed by atoms with Gasteiger partial charge in [-0.2, -0.15) is 0 Å². The Hall–Kier alpha value is -1.66. The standard InChI is InChI=1S/C18H26N2O4/c1-22-10-4-17(21)20-8-5-18(6-9-20)11-16(24-14-18)13-23-15-3-2-7-19-12-15/h2-3,7,12,16H,4-6,8-11,13-14H2,1H3/t16-/m0/s1. The molecule has 132 valence electrons. The van der Waals surface area contributed by atoms with Crippen LogP contribution in [0.15, 0.2) is 24.5 Å². The average Bonchev–Trinajstić information content (AvgIpc) is 3.02. The summed E-state index contributed by atoms with van der Waals surface area (Å²) in [6, 6.07) is 3.77. The molecule has 0 radical (unpaired) electrons. The van der Waals surface area contributed by atoms with Crippen molar-refractivity contribution in [1.82, 2.24) is 9.88 Å². The van der Waals surface area contributed by atoms with Crippen molar-refractivity contribution in [2.24, 2.45) is 5.41 Å². The molecule has 1 amide bonds. The summed E-state index contributed by atoms with van der Waals surface area (Å²) >= 11 is 0. The molecule has 2 fully saturated rings. The smallest absolute Gasteiger partial charge is 0.224 e. The molecule has 1 spiro atoms. The van der Waals surface area contributed by atoms with Crippen LogP contribution in [0.4, 0.5) is 0 Å². The monoisotopic (exact) mass is 334 g/mol. The number of nitrogens with zero attached hydrogens (tertiary/aromatic N) is 2. The van der Waals surface area contributed by atoms with Gasteiger partial charge in [0.2, 0.25) is 5.91 Å². The molecule has 1 aromatic rings. The predicted molar refractivity (Wildman–Crippen MR) is 88.8 cm³/mol. The molecule has 0 saturated carbocycles. The molecule has 6 heteroatoms. The lowest BCUT2D eigenvalue weighted by atomic mass is 9.76. The Morgan fingerprint density at radius 1 is 1.46 bits per heavy atom. The van der Waals surface area contributed by atoms with Gasteiger partial charge in [-0.25, -0.2) is 0 Å². The lowest BCUT2D eigenvalue weighted by Gasteiger charge is -2.38. The molecule has 0 N–H and O–H groups in total. The third-order valence-corrected chi connectivity index (χ3v) is 5.05. The number of methoxy groups -OCH3 is 1. The van der Waals surface area contributed by atoms with Crippen LogP contribution in [0.3, 0.4) is 0 Å². The number of pyridine rings is 1. The number of carbonyl (C=O) groups is 1. The minimum Gasteiger partial charge on any atom is -0.489 e. The van der Waals surface area contributed by atoms with Crippen LogP contribution in [0.5, 0.6) is 5.75 Å². The van der Waals surface area contributed by atoms with E-state index in [-0.39, 0.29) is 17.4 Å². The number of likely N-dealkylation sites (tertiary alicyclic amines) is 1. The predicted octanol–water partition coefficient (Wildman–Crippen LogP) is 1.89. The second-order valence-corrected chi connectivity index (χ2v) is 6.76. The highest BCUT2D eigenvalue weighted by atomic mass is 16.5. The van der Waals surface area contributed by atoms with E-state index >= 15 is 0 Å². The van der Waals surface area contributed by atoms with Gasteiger partial charge in [0.25, 0.3) is 0 Å². The number of hydrogen-bond donors (Lipinski definition) is 0. The summed E-state index contributed by atoms with van der Waals surface area (Å²) in [4.78, 5) is 18.1. The lowest BCUT2D eigenvalue weighted by molar-refractivity contribution is -0.134. The SMILES string of the molecule is COCCC(=O)N1CCC2(CC1)CO[C@H](COc1cccnc1)C2. The molecular weight excluding hydrogens is 308 g/mol. The highest BCUT2D eigenvalue weighted by molar-refractivity contribution is 5.76. The molecule has 3 heterocycles. The van der Waals surface area contributed by atoms with Crippen LogP contribution in [0.1, 0.15) is 25.7 Å². The molecule has 6 nitrogen and oxygen atoms in total. The van der Waals surface area contributed by atoms with E-state index in [0.717, 1.165) is 44.7 Å². The van der Waals surface area contributed by atoms with E-state index in [1.807, 2.05) is 17.0 Å². The van der Waals surface area contributed by atoms with Gasteiger partial charge in [0.15, 0.2) is 0 Å². The highest BCUT2D eigenvalue weighted by Crippen LogP contribution is 2.42. The number of rotatable bonds is 6. The first-order valence-corrected chi connectivity index (χ1v) is 8.62. The van der Waals surface area contributed by atoms with Crippen LogP contribution in [0, 0.1) is 5.41 Å². The van der Waals surface area contributed by atoms with E-state index in [4.69, 9.17) is 14.2 Å². The van der Waals surface area contributed by atoms with Crippen molar-refractivity contribution in [2.75, 3.05) is 40.0 Å². The fourth-order valence-corrected chi connectivity index (χ4v) is 3.55. The number of carbonyl (C=O) groups excluding carboxylic acids is 1. The number of piperidine rings is 1. The number of aromatic nitrogens is 1. The Bertz CT molecular complexity index is 529. The van der Waals surface area contributed by atoms with Crippen LogP contribution in [0.2, 0.25) is 0 Å². The third kappa shape index (κ3) is 4.24. The van der Waals surface area contributed by atoms with Gasteiger partial charge < -0.3 is 19.1 Å². The maximum Gasteiger partial charge on any atom is 0.224 e. The summed E-state index contributed by atoms with van der Waals surface area (Å²) in [7, 11) is 1.63. The van der Waals surface area contributed by atoms with E-state index in [0.29, 0.717) is 19.6 Å². The summed E-state index contributed by atoms with van der Waals surface area (Å²) in [6.45, 7) is 3.47. The molecule has 0 aromatic carbocycles. The van der Waals surface area contributed by atoms with Crippen molar-refractivity contribution in [3.8, 4) is 5.75 Å². The van der Waals surface area contributed by atoms with E-state index < -0.39 is 0 Å². The number of ether oxygens (including phenoxy) is 3. The summed E-state index contributed by atoms with van der Waals surface area (Å²) in [5.41, 5.74) is 0.209. The van der Waals surface area contributed by atoms with Gasteiger partial charge in [-0.1, -0.05) is 0 Å². The first-order chi connectivity index (χ1) is 11.7. The fourth-order valence-electron chi connectivity index (χ4n) is 3.55. The molecule has 2 aliphatic heterocycles. The Morgan fingerprint density at radius 2 is 2.29 bits per heavy atom. The van der Waals surface area contributed by atoms with Crippen molar-refractivity contribution in [3.05, 3.63) is 24.5 Å². The van der Waals surface area contributed by atoms with E-state index in [1.54, 1.807) is 19.5 Å². The molecule has 0 bridgehead atoms. The molecule has 1 aromatic heterocycles. The molecule has 0 aliphatic carbocycles. The molecule has 2 saturated heterocycles. The zero-order valence-corrected chi connectivity index (χ0v) is 14.3. The van der Waals surface area contributed by atoms with Crippen molar-refractivity contribution >= 4 is 5.91 Å². The zero-order valence-electron chi connectivity index (χ0n) is 14.3. The van der Waals surface area contributed by atoms with Crippen LogP contribution in [-0.2, 0) is 14.3 Å². The van der Waals surface area contributed by atoms with Gasteiger partial charge in [0, 0.05) is 26.4 Å². The molecular formula is C18H26N2O4. The number of amides is 1. The van der Waals surface area contributed by atoms with Crippen LogP contribution in [0.25, 0.3) is 0 Å². The lowest BCUT2D eigenvalue weighted by Crippen LogP contribution is -2.43. The van der Waals surface area contributed by atoms with E-state index in [1.165, 1.54) is 0 Å². The summed E-state index contributed by atoms with van der Waals surface area (Å²) in [5.74, 6) is 0.975. The van der Waals surface area contributed by atoms with Crippen molar-refractivity contribution < 1.29 is 19.0 Å². The topological polar surface area (TPSA) is 60.9 Å². The van der Waals surface area contributed by atoms with Crippen LogP contribution >= 0.6 is 0 Å².